The first kappa shape index (κ1) is 20.1. The lowest BCUT2D eigenvalue weighted by Crippen LogP contribution is -2.15. The molecule has 4 nitrogen and oxygen atoms in total. The predicted molar refractivity (Wildman–Crippen MR) is 118 cm³/mol. The van der Waals surface area contributed by atoms with Crippen molar-refractivity contribution in [1.29, 1.82) is 0 Å². The Hall–Kier alpha value is -2.14. The van der Waals surface area contributed by atoms with E-state index in [1.54, 1.807) is 12.3 Å². The Kier molecular flexibility index (Phi) is 6.34. The average Bonchev–Trinajstić information content (AvgIpc) is 3.23. The number of aromatic nitrogens is 1. The first-order valence-electron chi connectivity index (χ1n) is 10.5. The molecule has 1 saturated carbocycles. The zero-order valence-corrected chi connectivity index (χ0v) is 18.1. The number of rotatable bonds is 6. The number of allylic oxidation sites excluding steroid dienone is 2. The maximum atomic E-state index is 11.4. The van der Waals surface area contributed by atoms with Gasteiger partial charge in [0.2, 0.25) is 0 Å². The molecule has 1 N–H and O–H groups in total. The number of hydrogen-bond acceptors (Lipinski definition) is 3. The van der Waals surface area contributed by atoms with Gasteiger partial charge < -0.3 is 9.84 Å². The van der Waals surface area contributed by atoms with E-state index in [1.165, 1.54) is 49.4 Å². The summed E-state index contributed by atoms with van der Waals surface area (Å²) in [6.07, 6.45) is 12.6. The van der Waals surface area contributed by atoms with Crippen LogP contribution in [0.1, 0.15) is 72.9 Å². The molecule has 1 aromatic heterocycles. The number of carboxylic acids is 1. The van der Waals surface area contributed by atoms with Gasteiger partial charge in [-0.25, -0.2) is 4.79 Å². The smallest absolute Gasteiger partial charge is 0.337 e. The van der Waals surface area contributed by atoms with Crippen LogP contribution in [-0.2, 0) is 0 Å². The van der Waals surface area contributed by atoms with Crippen LogP contribution in [0.3, 0.4) is 0 Å². The summed E-state index contributed by atoms with van der Waals surface area (Å²) in [7, 11) is 0. The first-order chi connectivity index (χ1) is 14.1. The molecule has 0 amide bonds. The Labute approximate surface area is 180 Å². The first-order valence-corrected chi connectivity index (χ1v) is 11.2. The van der Waals surface area contributed by atoms with Gasteiger partial charge in [-0.3, -0.25) is 4.98 Å². The van der Waals surface area contributed by atoms with Crippen molar-refractivity contribution in [3.05, 3.63) is 57.8 Å². The van der Waals surface area contributed by atoms with Gasteiger partial charge in [-0.1, -0.05) is 35.2 Å². The molecule has 152 valence electrons. The van der Waals surface area contributed by atoms with E-state index in [0.29, 0.717) is 5.92 Å². The molecule has 0 aliphatic heterocycles. The third-order valence-corrected chi connectivity index (χ3v) is 6.51. The lowest BCUT2D eigenvalue weighted by Gasteiger charge is -2.23. The van der Waals surface area contributed by atoms with E-state index >= 15 is 0 Å². The standard InChI is InChI=1S/C24H26BrNO3/c25-19-9-10-23(29-15-16-5-2-1-3-6-16)22(12-19)21-8-4-7-20(21)17-11-18(24(27)28)14-26-13-17/h9-14,16H,1-8,15H2,(H,27,28). The SMILES string of the molecule is O=C(O)c1cncc(C2=C(c3cc(Br)ccc3OCC3CCCCC3)CCC2)c1. The Morgan fingerprint density at radius 3 is 2.66 bits per heavy atom. The van der Waals surface area contributed by atoms with Crippen molar-refractivity contribution in [3.8, 4) is 5.75 Å². The number of carboxylic acid groups (broad SMARTS) is 1. The second kappa shape index (κ2) is 9.12. The predicted octanol–water partition coefficient (Wildman–Crippen LogP) is 6.60. The third-order valence-electron chi connectivity index (χ3n) is 6.02. The maximum absolute atomic E-state index is 11.4. The molecule has 0 unspecified atom stereocenters. The fourth-order valence-electron chi connectivity index (χ4n) is 4.51. The summed E-state index contributed by atoms with van der Waals surface area (Å²) in [6, 6.07) is 7.94. The van der Waals surface area contributed by atoms with Crippen molar-refractivity contribution in [1.82, 2.24) is 4.98 Å². The number of halogens is 1. The molecule has 2 aliphatic rings. The molecular formula is C24H26BrNO3. The Morgan fingerprint density at radius 2 is 1.86 bits per heavy atom. The van der Waals surface area contributed by atoms with Crippen LogP contribution in [0.5, 0.6) is 5.75 Å². The summed E-state index contributed by atoms with van der Waals surface area (Å²) in [6.45, 7) is 0.771. The van der Waals surface area contributed by atoms with Gasteiger partial charge in [0.1, 0.15) is 5.75 Å². The summed E-state index contributed by atoms with van der Waals surface area (Å²) in [4.78, 5) is 15.5. The molecule has 4 rings (SSSR count). The third kappa shape index (κ3) is 4.72. The quantitative estimate of drug-likeness (QED) is 0.532. The second-order valence-electron chi connectivity index (χ2n) is 8.03. The van der Waals surface area contributed by atoms with E-state index in [0.717, 1.165) is 47.2 Å². The Bertz CT molecular complexity index is 931. The van der Waals surface area contributed by atoms with Gasteiger partial charge in [-0.05, 0) is 79.0 Å². The molecule has 29 heavy (non-hydrogen) atoms. The van der Waals surface area contributed by atoms with E-state index in [9.17, 15) is 9.90 Å². The Morgan fingerprint density at radius 1 is 1.07 bits per heavy atom. The lowest BCUT2D eigenvalue weighted by atomic mass is 9.90. The monoisotopic (exact) mass is 455 g/mol. The van der Waals surface area contributed by atoms with Crippen LogP contribution in [-0.4, -0.2) is 22.7 Å². The van der Waals surface area contributed by atoms with E-state index < -0.39 is 5.97 Å². The van der Waals surface area contributed by atoms with Crippen LogP contribution < -0.4 is 4.74 Å². The topological polar surface area (TPSA) is 59.4 Å². The fourth-order valence-corrected chi connectivity index (χ4v) is 4.87. The van der Waals surface area contributed by atoms with Crippen LogP contribution in [0, 0.1) is 5.92 Å². The molecule has 0 atom stereocenters. The molecule has 5 heteroatoms. The van der Waals surface area contributed by atoms with Gasteiger partial charge in [0.25, 0.3) is 0 Å². The zero-order valence-electron chi connectivity index (χ0n) is 16.5. The Balaban J connectivity index is 1.66. The van der Waals surface area contributed by atoms with E-state index in [1.807, 2.05) is 6.07 Å². The van der Waals surface area contributed by atoms with Crippen molar-refractivity contribution < 1.29 is 14.6 Å². The minimum Gasteiger partial charge on any atom is -0.493 e. The second-order valence-corrected chi connectivity index (χ2v) is 8.95. The summed E-state index contributed by atoms with van der Waals surface area (Å²) < 4.78 is 7.35. The van der Waals surface area contributed by atoms with Gasteiger partial charge >= 0.3 is 5.97 Å². The molecule has 0 saturated heterocycles. The van der Waals surface area contributed by atoms with Gasteiger partial charge in [0.05, 0.1) is 12.2 Å². The highest BCUT2D eigenvalue weighted by Crippen LogP contribution is 2.43. The van der Waals surface area contributed by atoms with Crippen molar-refractivity contribution in [2.24, 2.45) is 5.92 Å². The summed E-state index contributed by atoms with van der Waals surface area (Å²) in [5, 5.41) is 9.33. The van der Waals surface area contributed by atoms with Gasteiger partial charge in [-0.2, -0.15) is 0 Å². The minimum atomic E-state index is -0.946. The number of pyridine rings is 1. The minimum absolute atomic E-state index is 0.226. The molecule has 0 spiro atoms. The van der Waals surface area contributed by atoms with Crippen LogP contribution in [0.15, 0.2) is 41.1 Å². The molecule has 1 aromatic carbocycles. The molecule has 0 bridgehead atoms. The highest BCUT2D eigenvalue weighted by Gasteiger charge is 2.22. The van der Waals surface area contributed by atoms with E-state index in [2.05, 4.69) is 33.0 Å². The van der Waals surface area contributed by atoms with Crippen molar-refractivity contribution in [2.45, 2.75) is 51.4 Å². The number of benzene rings is 1. The van der Waals surface area contributed by atoms with E-state index in [-0.39, 0.29) is 5.56 Å². The zero-order chi connectivity index (χ0) is 20.2. The van der Waals surface area contributed by atoms with Crippen molar-refractivity contribution >= 4 is 33.0 Å². The highest BCUT2D eigenvalue weighted by molar-refractivity contribution is 9.10. The van der Waals surface area contributed by atoms with Crippen LogP contribution in [0.4, 0.5) is 0 Å². The molecule has 2 aromatic rings. The maximum Gasteiger partial charge on any atom is 0.337 e. The summed E-state index contributed by atoms with van der Waals surface area (Å²) in [5.41, 5.74) is 4.67. The normalized spacial score (nSPS) is 17.6. The van der Waals surface area contributed by atoms with Gasteiger partial charge in [0.15, 0.2) is 0 Å². The number of hydrogen-bond donors (Lipinski definition) is 1. The van der Waals surface area contributed by atoms with Gasteiger partial charge in [0, 0.05) is 22.4 Å². The molecular weight excluding hydrogens is 430 g/mol. The number of aromatic carboxylic acids is 1. The molecule has 1 fully saturated rings. The van der Waals surface area contributed by atoms with Crippen LogP contribution in [0.2, 0.25) is 0 Å². The fraction of sp³-hybridized carbons (Fsp3) is 0.417. The molecule has 1 heterocycles. The van der Waals surface area contributed by atoms with Crippen LogP contribution >= 0.6 is 15.9 Å². The average molecular weight is 456 g/mol. The number of nitrogens with zero attached hydrogens (tertiary/aromatic N) is 1. The summed E-state index contributed by atoms with van der Waals surface area (Å²) >= 11 is 3.61. The van der Waals surface area contributed by atoms with E-state index in [4.69, 9.17) is 4.74 Å². The summed E-state index contributed by atoms with van der Waals surface area (Å²) in [5.74, 6) is 0.628. The van der Waals surface area contributed by atoms with Crippen LogP contribution in [0.25, 0.3) is 11.1 Å². The highest BCUT2D eigenvalue weighted by atomic mass is 79.9. The lowest BCUT2D eigenvalue weighted by molar-refractivity contribution is 0.0696. The molecule has 0 radical (unpaired) electrons. The van der Waals surface area contributed by atoms with Crippen molar-refractivity contribution in [3.63, 3.8) is 0 Å². The van der Waals surface area contributed by atoms with Gasteiger partial charge in [-0.15, -0.1) is 0 Å². The molecule has 2 aliphatic carbocycles. The largest absolute Gasteiger partial charge is 0.493 e. The number of carbonyl (C=O) groups is 1. The number of ether oxygens (including phenoxy) is 1. The van der Waals surface area contributed by atoms with Crippen molar-refractivity contribution in [2.75, 3.05) is 6.61 Å².